The molecular weight excluding hydrogens is 483 g/mol. The summed E-state index contributed by atoms with van der Waals surface area (Å²) in [5.74, 6) is -2.25. The summed E-state index contributed by atoms with van der Waals surface area (Å²) < 4.78 is 64.8. The summed E-state index contributed by atoms with van der Waals surface area (Å²) in [4.78, 5) is 12.9. The van der Waals surface area contributed by atoms with E-state index < -0.39 is 22.2 Å². The molecule has 3 N–H and O–H groups in total. The van der Waals surface area contributed by atoms with E-state index in [0.29, 0.717) is 16.9 Å². The number of piperidine rings is 1. The number of benzene rings is 1. The van der Waals surface area contributed by atoms with Crippen molar-refractivity contribution in [1.29, 1.82) is 0 Å². The summed E-state index contributed by atoms with van der Waals surface area (Å²) in [7, 11) is -3.72. The van der Waals surface area contributed by atoms with E-state index >= 15 is 0 Å². The van der Waals surface area contributed by atoms with Gasteiger partial charge in [-0.2, -0.15) is 13.2 Å². The molecule has 2 aromatic rings. The van der Waals surface area contributed by atoms with Gasteiger partial charge in [0.25, 0.3) is 10.0 Å². The molecule has 1 fully saturated rings. The first kappa shape index (κ1) is 25.2. The van der Waals surface area contributed by atoms with Crippen LogP contribution in [0, 0.1) is 0 Å². The molecule has 8 nitrogen and oxygen atoms in total. The average Bonchev–Trinajstić information content (AvgIpc) is 3.15. The molecule has 0 unspecified atom stereocenters. The van der Waals surface area contributed by atoms with Gasteiger partial charge in [-0.1, -0.05) is 11.6 Å². The first-order valence-corrected chi connectivity index (χ1v) is 11.5. The van der Waals surface area contributed by atoms with E-state index in [1.54, 1.807) is 11.4 Å². The zero-order chi connectivity index (χ0) is 23.2. The van der Waals surface area contributed by atoms with Crippen LogP contribution in [0.1, 0.15) is 19.8 Å². The van der Waals surface area contributed by atoms with E-state index in [9.17, 15) is 21.6 Å². The fourth-order valence-corrected chi connectivity index (χ4v) is 4.67. The van der Waals surface area contributed by atoms with Crippen molar-refractivity contribution in [2.24, 2.45) is 0 Å². The minimum atomic E-state index is -5.08. The number of alkyl halides is 3. The molecule has 31 heavy (non-hydrogen) atoms. The maximum atomic E-state index is 12.3. The van der Waals surface area contributed by atoms with Crippen molar-refractivity contribution in [3.8, 4) is 5.75 Å². The lowest BCUT2D eigenvalue weighted by Gasteiger charge is -2.28. The molecule has 2 atom stereocenters. The highest BCUT2D eigenvalue weighted by molar-refractivity contribution is 7.93. The summed E-state index contributed by atoms with van der Waals surface area (Å²) in [6.45, 7) is 3.00. The molecule has 1 aliphatic heterocycles. The molecule has 1 aromatic carbocycles. The smallest absolute Gasteiger partial charge is 0.489 e. The highest BCUT2D eigenvalue weighted by Crippen LogP contribution is 2.30. The summed E-state index contributed by atoms with van der Waals surface area (Å²) in [6, 6.07) is 4.88. The number of hydrogen-bond donors (Lipinski definition) is 3. The van der Waals surface area contributed by atoms with Gasteiger partial charge in [-0.3, -0.25) is 4.72 Å². The SMILES string of the molecule is C[C@@H]1C[C@H](Oc2ccc(S(=O)(=O)Nc3nccs3)cc2Cl)CCN1.O=C(O)C(F)(F)F. The second-order valence-electron chi connectivity index (χ2n) is 6.46. The van der Waals surface area contributed by atoms with Gasteiger partial charge in [-0.25, -0.2) is 18.2 Å². The molecule has 0 radical (unpaired) electrons. The summed E-state index contributed by atoms with van der Waals surface area (Å²) in [6.07, 6.45) is -1.68. The molecular formula is C17H19ClF3N3O5S2. The van der Waals surface area contributed by atoms with Crippen LogP contribution >= 0.6 is 22.9 Å². The van der Waals surface area contributed by atoms with Crippen LogP contribution in [0.3, 0.4) is 0 Å². The number of nitrogens with zero attached hydrogens (tertiary/aromatic N) is 1. The number of hydrogen-bond acceptors (Lipinski definition) is 7. The van der Waals surface area contributed by atoms with E-state index in [1.165, 1.54) is 29.7 Å². The highest BCUT2D eigenvalue weighted by atomic mass is 35.5. The Bertz CT molecular complexity index is 987. The molecule has 1 saturated heterocycles. The van der Waals surface area contributed by atoms with Crippen molar-refractivity contribution in [2.75, 3.05) is 11.3 Å². The normalized spacial score (nSPS) is 19.1. The second-order valence-corrected chi connectivity index (χ2v) is 9.44. The van der Waals surface area contributed by atoms with Gasteiger partial charge in [0.2, 0.25) is 0 Å². The van der Waals surface area contributed by atoms with E-state index in [-0.39, 0.29) is 16.0 Å². The maximum absolute atomic E-state index is 12.3. The van der Waals surface area contributed by atoms with Crippen molar-refractivity contribution < 1.29 is 36.2 Å². The number of sulfonamides is 1. The lowest BCUT2D eigenvalue weighted by atomic mass is 10.0. The van der Waals surface area contributed by atoms with E-state index in [2.05, 4.69) is 21.9 Å². The number of carboxylic acid groups (broad SMARTS) is 1. The third-order valence-corrected chi connectivity index (χ3v) is 6.43. The van der Waals surface area contributed by atoms with Crippen LogP contribution in [-0.2, 0) is 14.8 Å². The van der Waals surface area contributed by atoms with Gasteiger partial charge in [0, 0.05) is 17.6 Å². The molecule has 1 aromatic heterocycles. The van der Waals surface area contributed by atoms with Crippen molar-refractivity contribution in [1.82, 2.24) is 10.3 Å². The fraction of sp³-hybridized carbons (Fsp3) is 0.412. The summed E-state index contributed by atoms with van der Waals surface area (Å²) >= 11 is 7.44. The topological polar surface area (TPSA) is 118 Å². The van der Waals surface area contributed by atoms with E-state index in [0.717, 1.165) is 19.4 Å². The molecule has 172 valence electrons. The van der Waals surface area contributed by atoms with Gasteiger partial charge < -0.3 is 15.2 Å². The minimum Gasteiger partial charge on any atom is -0.489 e. The van der Waals surface area contributed by atoms with Gasteiger partial charge in [-0.05, 0) is 44.5 Å². The number of anilines is 1. The maximum Gasteiger partial charge on any atom is 0.490 e. The number of thiazole rings is 1. The van der Waals surface area contributed by atoms with Gasteiger partial charge in [0.1, 0.15) is 11.9 Å². The summed E-state index contributed by atoms with van der Waals surface area (Å²) in [5, 5.41) is 12.8. The van der Waals surface area contributed by atoms with Crippen LogP contribution < -0.4 is 14.8 Å². The van der Waals surface area contributed by atoms with Crippen molar-refractivity contribution in [3.63, 3.8) is 0 Å². The standard InChI is InChI=1S/C15H18ClN3O3S2.C2HF3O2/c1-10-8-11(4-5-17-10)22-14-3-2-12(9-13(14)16)24(20,21)19-15-18-6-7-23-15;3-2(4,5)1(6)7/h2-3,6-7,9-11,17H,4-5,8H2,1H3,(H,18,19);(H,6,7)/t10-,11-;/m1./s1. The van der Waals surface area contributed by atoms with Crippen molar-refractivity contribution in [3.05, 3.63) is 34.8 Å². The zero-order valence-corrected chi connectivity index (χ0v) is 18.4. The van der Waals surface area contributed by atoms with Gasteiger partial charge in [-0.15, -0.1) is 11.3 Å². The quantitative estimate of drug-likeness (QED) is 0.571. The van der Waals surface area contributed by atoms with Crippen LogP contribution in [0.15, 0.2) is 34.7 Å². The number of aliphatic carboxylic acids is 1. The predicted molar refractivity (Wildman–Crippen MR) is 109 cm³/mol. The number of nitrogens with one attached hydrogen (secondary N) is 2. The second kappa shape index (κ2) is 10.5. The number of ether oxygens (including phenoxy) is 1. The van der Waals surface area contributed by atoms with E-state index in [4.69, 9.17) is 26.2 Å². The minimum absolute atomic E-state index is 0.0775. The van der Waals surface area contributed by atoms with Crippen LogP contribution in [0.4, 0.5) is 18.3 Å². The Morgan fingerprint density at radius 2 is 2.10 bits per heavy atom. The molecule has 14 heteroatoms. The molecule has 1 aliphatic rings. The largest absolute Gasteiger partial charge is 0.490 e. The average molecular weight is 502 g/mol. The number of aromatic nitrogens is 1. The van der Waals surface area contributed by atoms with Crippen LogP contribution in [-0.4, -0.2) is 49.3 Å². The number of halogens is 4. The Morgan fingerprint density at radius 3 is 2.61 bits per heavy atom. The Labute approximate surface area is 185 Å². The fourth-order valence-electron chi connectivity index (χ4n) is 2.56. The third-order valence-electron chi connectivity index (χ3n) is 3.98. The molecule has 0 amide bonds. The first-order valence-electron chi connectivity index (χ1n) is 8.80. The first-order chi connectivity index (χ1) is 14.4. The van der Waals surface area contributed by atoms with Crippen LogP contribution in [0.2, 0.25) is 5.02 Å². The van der Waals surface area contributed by atoms with Crippen LogP contribution in [0.5, 0.6) is 5.75 Å². The van der Waals surface area contributed by atoms with Gasteiger partial charge in [0.15, 0.2) is 5.13 Å². The summed E-state index contributed by atoms with van der Waals surface area (Å²) in [5.41, 5.74) is 0. The van der Waals surface area contributed by atoms with Crippen molar-refractivity contribution >= 4 is 44.1 Å². The predicted octanol–water partition coefficient (Wildman–Crippen LogP) is 3.75. The molecule has 0 saturated carbocycles. The molecule has 0 bridgehead atoms. The van der Waals surface area contributed by atoms with Gasteiger partial charge in [0.05, 0.1) is 9.92 Å². The Morgan fingerprint density at radius 1 is 1.42 bits per heavy atom. The lowest BCUT2D eigenvalue weighted by molar-refractivity contribution is -0.192. The van der Waals surface area contributed by atoms with Crippen molar-refractivity contribution in [2.45, 2.75) is 43.0 Å². The number of carboxylic acids is 1. The van der Waals surface area contributed by atoms with Crippen LogP contribution in [0.25, 0.3) is 0 Å². The highest BCUT2D eigenvalue weighted by Gasteiger charge is 2.38. The third kappa shape index (κ3) is 7.83. The Balaban J connectivity index is 0.000000423. The molecule has 0 aliphatic carbocycles. The Hall–Kier alpha value is -2.09. The number of carbonyl (C=O) groups is 1. The zero-order valence-electron chi connectivity index (χ0n) is 16.0. The Kier molecular flexibility index (Phi) is 8.51. The molecule has 2 heterocycles. The van der Waals surface area contributed by atoms with E-state index in [1.807, 2.05) is 0 Å². The number of rotatable bonds is 5. The monoisotopic (exact) mass is 501 g/mol. The molecule has 0 spiro atoms. The molecule has 3 rings (SSSR count). The lowest BCUT2D eigenvalue weighted by Crippen LogP contribution is -2.40. The van der Waals surface area contributed by atoms with Gasteiger partial charge >= 0.3 is 12.1 Å².